The average molecular weight is 318 g/mol. The highest BCUT2D eigenvalue weighted by Crippen LogP contribution is 2.27. The summed E-state index contributed by atoms with van der Waals surface area (Å²) >= 11 is 0. The van der Waals surface area contributed by atoms with E-state index in [2.05, 4.69) is 55.7 Å². The van der Waals surface area contributed by atoms with Crippen molar-refractivity contribution < 1.29 is 9.53 Å². The quantitative estimate of drug-likeness (QED) is 0.865. The molecule has 0 spiro atoms. The number of anilines is 1. The van der Waals surface area contributed by atoms with Gasteiger partial charge in [0.1, 0.15) is 5.60 Å². The second-order valence-corrected chi connectivity index (χ2v) is 8.48. The minimum atomic E-state index is -0.444. The van der Waals surface area contributed by atoms with Crippen molar-refractivity contribution in [3.8, 4) is 0 Å². The van der Waals surface area contributed by atoms with Gasteiger partial charge < -0.3 is 15.4 Å². The zero-order valence-electron chi connectivity index (χ0n) is 15.2. The fourth-order valence-electron chi connectivity index (χ4n) is 2.63. The summed E-state index contributed by atoms with van der Waals surface area (Å²) in [6.07, 6.45) is 1.54. The number of rotatable bonds is 3. The average Bonchev–Trinajstić information content (AvgIpc) is 2.33. The summed E-state index contributed by atoms with van der Waals surface area (Å²) in [7, 11) is 0. The molecule has 1 aromatic carbocycles. The van der Waals surface area contributed by atoms with Gasteiger partial charge in [0.15, 0.2) is 0 Å². The predicted molar refractivity (Wildman–Crippen MR) is 94.9 cm³/mol. The van der Waals surface area contributed by atoms with E-state index < -0.39 is 5.60 Å². The van der Waals surface area contributed by atoms with Crippen LogP contribution in [0.4, 0.5) is 10.5 Å². The maximum absolute atomic E-state index is 11.7. The molecule has 0 saturated heterocycles. The molecule has 1 saturated carbocycles. The van der Waals surface area contributed by atoms with Crippen LogP contribution in [0.5, 0.6) is 0 Å². The molecule has 4 heteroatoms. The lowest BCUT2D eigenvalue weighted by molar-refractivity contribution is 0.0475. The van der Waals surface area contributed by atoms with Gasteiger partial charge in [-0.3, -0.25) is 0 Å². The van der Waals surface area contributed by atoms with Crippen LogP contribution < -0.4 is 10.6 Å². The van der Waals surface area contributed by atoms with Crippen LogP contribution in [0.3, 0.4) is 0 Å². The van der Waals surface area contributed by atoms with Crippen molar-refractivity contribution in [1.29, 1.82) is 0 Å². The fraction of sp³-hybridized carbons (Fsp3) is 0.632. The summed E-state index contributed by atoms with van der Waals surface area (Å²) in [4.78, 5) is 11.7. The highest BCUT2D eigenvalue weighted by molar-refractivity contribution is 5.68. The molecule has 0 radical (unpaired) electrons. The summed E-state index contributed by atoms with van der Waals surface area (Å²) in [6, 6.07) is 9.24. The molecule has 0 aromatic heterocycles. The molecule has 1 fully saturated rings. The zero-order valence-corrected chi connectivity index (χ0v) is 15.2. The number of carbonyl (C=O) groups is 1. The van der Waals surface area contributed by atoms with E-state index in [0.29, 0.717) is 6.04 Å². The van der Waals surface area contributed by atoms with Crippen LogP contribution in [0.15, 0.2) is 24.3 Å². The van der Waals surface area contributed by atoms with Crippen molar-refractivity contribution in [2.24, 2.45) is 0 Å². The van der Waals surface area contributed by atoms with Gasteiger partial charge in [0.2, 0.25) is 0 Å². The lowest BCUT2D eigenvalue weighted by Crippen LogP contribution is -2.50. The van der Waals surface area contributed by atoms with Gasteiger partial charge >= 0.3 is 6.09 Å². The number of amides is 1. The number of carbonyl (C=O) groups excluding carboxylic acids is 1. The maximum Gasteiger partial charge on any atom is 0.407 e. The molecule has 4 nitrogen and oxygen atoms in total. The normalized spacial score (nSPS) is 21.3. The molecule has 1 aromatic rings. The van der Waals surface area contributed by atoms with Crippen LogP contribution in [0.25, 0.3) is 0 Å². The standard InChI is InChI=1S/C19H30N2O2/c1-18(2,3)13-7-9-14(10-8-13)20-15-11-16(12-15)21-17(22)23-19(4,5)6/h7-10,15-16,20H,11-12H2,1-6H3,(H,21,22). The van der Waals surface area contributed by atoms with Gasteiger partial charge in [-0.1, -0.05) is 32.9 Å². The van der Waals surface area contributed by atoms with Gasteiger partial charge in [-0.2, -0.15) is 0 Å². The number of ether oxygens (including phenoxy) is 1. The Hall–Kier alpha value is -1.71. The molecule has 1 aliphatic carbocycles. The van der Waals surface area contributed by atoms with Crippen LogP contribution in [0, 0.1) is 0 Å². The molecule has 0 heterocycles. The first-order valence-corrected chi connectivity index (χ1v) is 8.39. The SMILES string of the molecule is CC(C)(C)OC(=O)NC1CC(Nc2ccc(C(C)(C)C)cc2)C1. The Morgan fingerprint density at radius 1 is 1.00 bits per heavy atom. The van der Waals surface area contributed by atoms with Crippen molar-refractivity contribution >= 4 is 11.8 Å². The first-order chi connectivity index (χ1) is 10.5. The van der Waals surface area contributed by atoms with E-state index in [1.807, 2.05) is 20.8 Å². The van der Waals surface area contributed by atoms with Crippen molar-refractivity contribution in [1.82, 2.24) is 5.32 Å². The van der Waals surface area contributed by atoms with E-state index in [4.69, 9.17) is 4.74 Å². The minimum absolute atomic E-state index is 0.178. The molecule has 2 N–H and O–H groups in total. The summed E-state index contributed by atoms with van der Waals surface area (Å²) in [5, 5.41) is 6.43. The van der Waals surface area contributed by atoms with Crippen molar-refractivity contribution in [3.63, 3.8) is 0 Å². The van der Waals surface area contributed by atoms with E-state index in [1.165, 1.54) is 5.56 Å². The minimum Gasteiger partial charge on any atom is -0.444 e. The number of hydrogen-bond acceptors (Lipinski definition) is 3. The Morgan fingerprint density at radius 3 is 2.04 bits per heavy atom. The second-order valence-electron chi connectivity index (χ2n) is 8.48. The first-order valence-electron chi connectivity index (χ1n) is 8.39. The Bertz CT molecular complexity index is 532. The van der Waals surface area contributed by atoms with Gasteiger partial charge in [0.25, 0.3) is 0 Å². The Labute approximate surface area is 140 Å². The summed E-state index contributed by atoms with van der Waals surface area (Å²) < 4.78 is 5.27. The Kier molecular flexibility index (Phi) is 4.92. The number of benzene rings is 1. The maximum atomic E-state index is 11.7. The van der Waals surface area contributed by atoms with Crippen molar-refractivity contribution in [2.75, 3.05) is 5.32 Å². The highest BCUT2D eigenvalue weighted by atomic mass is 16.6. The molecular formula is C19H30N2O2. The third-order valence-corrected chi connectivity index (χ3v) is 3.98. The molecule has 128 valence electrons. The summed E-state index contributed by atoms with van der Waals surface area (Å²) in [6.45, 7) is 12.3. The van der Waals surface area contributed by atoms with Gasteiger partial charge in [0.05, 0.1) is 0 Å². The van der Waals surface area contributed by atoms with Crippen molar-refractivity contribution in [3.05, 3.63) is 29.8 Å². The van der Waals surface area contributed by atoms with Crippen molar-refractivity contribution in [2.45, 2.75) is 77.5 Å². The molecule has 0 unspecified atom stereocenters. The summed E-state index contributed by atoms with van der Waals surface area (Å²) in [5.41, 5.74) is 2.21. The smallest absolute Gasteiger partial charge is 0.407 e. The number of hydrogen-bond donors (Lipinski definition) is 2. The topological polar surface area (TPSA) is 50.4 Å². The van der Waals surface area contributed by atoms with E-state index in [1.54, 1.807) is 0 Å². The van der Waals surface area contributed by atoms with Gasteiger partial charge in [0, 0.05) is 17.8 Å². The lowest BCUT2D eigenvalue weighted by atomic mass is 9.85. The molecule has 0 atom stereocenters. The number of nitrogens with one attached hydrogen (secondary N) is 2. The van der Waals surface area contributed by atoms with Crippen LogP contribution in [-0.4, -0.2) is 23.8 Å². The molecular weight excluding hydrogens is 288 g/mol. The molecule has 2 rings (SSSR count). The Balaban J connectivity index is 1.75. The highest BCUT2D eigenvalue weighted by Gasteiger charge is 2.31. The van der Waals surface area contributed by atoms with E-state index in [0.717, 1.165) is 18.5 Å². The van der Waals surface area contributed by atoms with E-state index >= 15 is 0 Å². The lowest BCUT2D eigenvalue weighted by Gasteiger charge is -2.37. The molecule has 0 aliphatic heterocycles. The van der Waals surface area contributed by atoms with Crippen LogP contribution in [0.2, 0.25) is 0 Å². The summed E-state index contributed by atoms with van der Waals surface area (Å²) in [5.74, 6) is 0. The third kappa shape index (κ3) is 5.45. The third-order valence-electron chi connectivity index (χ3n) is 3.98. The molecule has 23 heavy (non-hydrogen) atoms. The van der Waals surface area contributed by atoms with Gasteiger partial charge in [-0.15, -0.1) is 0 Å². The predicted octanol–water partition coefficient (Wildman–Crippen LogP) is 4.45. The number of alkyl carbamates (subject to hydrolysis) is 1. The van der Waals surface area contributed by atoms with Gasteiger partial charge in [-0.05, 0) is 56.7 Å². The zero-order chi connectivity index (χ0) is 17.3. The largest absolute Gasteiger partial charge is 0.444 e. The monoisotopic (exact) mass is 318 g/mol. The second kappa shape index (κ2) is 6.42. The van der Waals surface area contributed by atoms with Crippen LogP contribution >= 0.6 is 0 Å². The first kappa shape index (κ1) is 17.6. The fourth-order valence-corrected chi connectivity index (χ4v) is 2.63. The molecule has 0 bridgehead atoms. The Morgan fingerprint density at radius 2 is 1.57 bits per heavy atom. The van der Waals surface area contributed by atoms with E-state index in [-0.39, 0.29) is 17.6 Å². The van der Waals surface area contributed by atoms with E-state index in [9.17, 15) is 4.79 Å². The molecule has 1 amide bonds. The van der Waals surface area contributed by atoms with Crippen LogP contribution in [-0.2, 0) is 10.2 Å². The van der Waals surface area contributed by atoms with Gasteiger partial charge in [-0.25, -0.2) is 4.79 Å². The molecule has 1 aliphatic rings. The van der Waals surface area contributed by atoms with Crippen LogP contribution in [0.1, 0.15) is 59.9 Å².